The van der Waals surface area contributed by atoms with Gasteiger partial charge in [-0.15, -0.1) is 0 Å². The third-order valence-corrected chi connectivity index (χ3v) is 11.2. The van der Waals surface area contributed by atoms with Crippen molar-refractivity contribution in [2.75, 3.05) is 7.11 Å². The van der Waals surface area contributed by atoms with Crippen LogP contribution in [-0.4, -0.2) is 12.2 Å². The monoisotopic (exact) mass is 680 g/mol. The molecule has 0 spiro atoms. The first-order valence-electron chi connectivity index (χ1n) is 18.3. The van der Waals surface area contributed by atoms with E-state index in [1.54, 1.807) is 7.11 Å². The molecule has 3 nitrogen and oxygen atoms in total. The first-order chi connectivity index (χ1) is 25.5. The molecule has 7 aromatic carbocycles. The van der Waals surface area contributed by atoms with Gasteiger partial charge in [-0.25, -0.2) is 0 Å². The number of hydrogen-bond acceptors (Lipinski definition) is 3. The molecule has 258 valence electrons. The summed E-state index contributed by atoms with van der Waals surface area (Å²) in [5.74, 6) is 1.51. The normalized spacial score (nSPS) is 14.9. The lowest BCUT2D eigenvalue weighted by Gasteiger charge is -2.46. The molecule has 0 unspecified atom stereocenters. The Morgan fingerprint density at radius 2 is 1.12 bits per heavy atom. The van der Waals surface area contributed by atoms with E-state index in [-0.39, 0.29) is 5.41 Å². The molecule has 0 atom stereocenters. The lowest BCUT2D eigenvalue weighted by atomic mass is 9.60. The summed E-state index contributed by atoms with van der Waals surface area (Å²) < 4.78 is 12.8. The lowest BCUT2D eigenvalue weighted by molar-refractivity contribution is -0.0153. The fraction of sp³-hybridized carbons (Fsp3) is 0.184. The SMILES string of the molecule is COc1cc2c(OCc3ccccc3)cc(C3(O)CCC(c4ccccc4)(c4ccccc4)CC3)c(-c3ccccc3)c2cc1-c1ccc(C)cc1. The molecule has 0 heterocycles. The van der Waals surface area contributed by atoms with Gasteiger partial charge >= 0.3 is 0 Å². The Hall–Kier alpha value is -5.64. The van der Waals surface area contributed by atoms with Crippen molar-refractivity contribution < 1.29 is 14.6 Å². The van der Waals surface area contributed by atoms with Gasteiger partial charge in [-0.2, -0.15) is 0 Å². The summed E-state index contributed by atoms with van der Waals surface area (Å²) in [6.07, 6.45) is 2.81. The molecular weight excluding hydrogens is 637 g/mol. The van der Waals surface area contributed by atoms with Gasteiger partial charge < -0.3 is 14.6 Å². The Morgan fingerprint density at radius 1 is 0.558 bits per heavy atom. The van der Waals surface area contributed by atoms with Crippen LogP contribution in [0, 0.1) is 6.92 Å². The molecule has 1 N–H and O–H groups in total. The number of benzene rings is 7. The number of aryl methyl sites for hydroxylation is 1. The van der Waals surface area contributed by atoms with Crippen molar-refractivity contribution in [3.05, 3.63) is 192 Å². The summed E-state index contributed by atoms with van der Waals surface area (Å²) in [4.78, 5) is 0. The average Bonchev–Trinajstić information content (AvgIpc) is 3.21. The van der Waals surface area contributed by atoms with Gasteiger partial charge in [0.1, 0.15) is 18.1 Å². The minimum absolute atomic E-state index is 0.197. The van der Waals surface area contributed by atoms with E-state index in [4.69, 9.17) is 9.47 Å². The van der Waals surface area contributed by atoms with E-state index in [1.165, 1.54) is 16.7 Å². The van der Waals surface area contributed by atoms with Crippen molar-refractivity contribution in [1.29, 1.82) is 0 Å². The molecule has 0 radical (unpaired) electrons. The Bertz CT molecular complexity index is 2230. The highest BCUT2D eigenvalue weighted by molar-refractivity contribution is 6.05. The van der Waals surface area contributed by atoms with Gasteiger partial charge in [-0.3, -0.25) is 0 Å². The molecule has 3 heteroatoms. The number of ether oxygens (including phenoxy) is 2. The second-order valence-electron chi connectivity index (χ2n) is 14.2. The van der Waals surface area contributed by atoms with E-state index in [1.807, 2.05) is 24.3 Å². The van der Waals surface area contributed by atoms with Crippen molar-refractivity contribution in [2.24, 2.45) is 0 Å². The van der Waals surface area contributed by atoms with Crippen LogP contribution in [0.5, 0.6) is 11.5 Å². The molecule has 0 aromatic heterocycles. The average molecular weight is 681 g/mol. The predicted molar refractivity (Wildman–Crippen MR) is 213 cm³/mol. The van der Waals surface area contributed by atoms with Crippen LogP contribution < -0.4 is 9.47 Å². The number of rotatable bonds is 9. The first-order valence-corrected chi connectivity index (χ1v) is 18.3. The maximum atomic E-state index is 13.1. The number of aliphatic hydroxyl groups is 1. The van der Waals surface area contributed by atoms with Gasteiger partial charge in [0.15, 0.2) is 0 Å². The molecule has 1 saturated carbocycles. The second-order valence-corrected chi connectivity index (χ2v) is 14.2. The van der Waals surface area contributed by atoms with Crippen LogP contribution in [0.1, 0.15) is 53.5 Å². The van der Waals surface area contributed by atoms with Crippen LogP contribution in [0.15, 0.2) is 164 Å². The van der Waals surface area contributed by atoms with Gasteiger partial charge in [0.25, 0.3) is 0 Å². The highest BCUT2D eigenvalue weighted by Gasteiger charge is 2.46. The van der Waals surface area contributed by atoms with Crippen molar-refractivity contribution >= 4 is 10.8 Å². The minimum Gasteiger partial charge on any atom is -0.496 e. The van der Waals surface area contributed by atoms with E-state index in [9.17, 15) is 5.11 Å². The Kier molecular flexibility index (Phi) is 9.13. The highest BCUT2D eigenvalue weighted by Crippen LogP contribution is 2.54. The summed E-state index contributed by atoms with van der Waals surface area (Å²) in [7, 11) is 1.73. The predicted octanol–water partition coefficient (Wildman–Crippen LogP) is 11.8. The van der Waals surface area contributed by atoms with E-state index in [2.05, 4.69) is 146 Å². The maximum Gasteiger partial charge on any atom is 0.128 e. The summed E-state index contributed by atoms with van der Waals surface area (Å²) >= 11 is 0. The quantitative estimate of drug-likeness (QED) is 0.165. The fourth-order valence-corrected chi connectivity index (χ4v) is 8.30. The summed E-state index contributed by atoms with van der Waals surface area (Å²) in [6.45, 7) is 2.51. The van der Waals surface area contributed by atoms with E-state index in [0.717, 1.165) is 68.5 Å². The first kappa shape index (κ1) is 33.5. The number of methoxy groups -OCH3 is 1. The highest BCUT2D eigenvalue weighted by atomic mass is 16.5. The number of fused-ring (bicyclic) bond motifs is 1. The van der Waals surface area contributed by atoms with Crippen molar-refractivity contribution in [1.82, 2.24) is 0 Å². The molecule has 0 saturated heterocycles. The zero-order valence-electron chi connectivity index (χ0n) is 29.9. The molecule has 0 bridgehead atoms. The molecule has 0 aliphatic heterocycles. The summed E-state index contributed by atoms with van der Waals surface area (Å²) in [5.41, 5.74) is 8.67. The fourth-order valence-electron chi connectivity index (χ4n) is 8.30. The molecule has 1 aliphatic carbocycles. The maximum absolute atomic E-state index is 13.1. The van der Waals surface area contributed by atoms with E-state index < -0.39 is 5.60 Å². The minimum atomic E-state index is -1.10. The Morgan fingerprint density at radius 3 is 1.69 bits per heavy atom. The van der Waals surface area contributed by atoms with Crippen LogP contribution in [0.25, 0.3) is 33.0 Å². The molecule has 1 aliphatic rings. The van der Waals surface area contributed by atoms with Crippen LogP contribution in [0.2, 0.25) is 0 Å². The van der Waals surface area contributed by atoms with Crippen molar-refractivity contribution in [3.8, 4) is 33.8 Å². The molecule has 52 heavy (non-hydrogen) atoms. The Labute approximate surface area is 307 Å². The topological polar surface area (TPSA) is 38.7 Å². The zero-order valence-corrected chi connectivity index (χ0v) is 29.9. The van der Waals surface area contributed by atoms with Gasteiger partial charge in [0, 0.05) is 16.4 Å². The van der Waals surface area contributed by atoms with Gasteiger partial charge in [-0.05, 0) is 95.1 Å². The zero-order chi connectivity index (χ0) is 35.5. The van der Waals surface area contributed by atoms with Gasteiger partial charge in [0.2, 0.25) is 0 Å². The standard InChI is InChI=1S/C49H44O3/c1-35-23-25-37(26-24-35)41-31-43-42(32-45(41)51-2)46(52-34-36-15-7-3-8-16-36)33-44(47(43)38-17-9-4-10-18-38)49(50)29-27-48(28-30-49,39-19-11-5-12-20-39)40-21-13-6-14-22-40/h3-26,31-33,50H,27-30,34H2,1-2H3. The van der Waals surface area contributed by atoms with E-state index >= 15 is 0 Å². The van der Waals surface area contributed by atoms with Crippen molar-refractivity contribution in [3.63, 3.8) is 0 Å². The number of hydrogen-bond donors (Lipinski definition) is 1. The van der Waals surface area contributed by atoms with Crippen LogP contribution >= 0.6 is 0 Å². The van der Waals surface area contributed by atoms with E-state index in [0.29, 0.717) is 19.4 Å². The summed E-state index contributed by atoms with van der Waals surface area (Å²) in [6, 6.07) is 57.5. The molecule has 8 rings (SSSR count). The van der Waals surface area contributed by atoms with Crippen molar-refractivity contribution in [2.45, 2.75) is 50.2 Å². The lowest BCUT2D eigenvalue weighted by Crippen LogP contribution is -2.40. The second kappa shape index (κ2) is 14.2. The largest absolute Gasteiger partial charge is 0.496 e. The molecule has 1 fully saturated rings. The molecule has 0 amide bonds. The van der Waals surface area contributed by atoms with Crippen LogP contribution in [0.4, 0.5) is 0 Å². The van der Waals surface area contributed by atoms with Gasteiger partial charge in [-0.1, -0.05) is 151 Å². The smallest absolute Gasteiger partial charge is 0.128 e. The molecular formula is C49H44O3. The van der Waals surface area contributed by atoms with Crippen LogP contribution in [0.3, 0.4) is 0 Å². The molecule has 7 aromatic rings. The van der Waals surface area contributed by atoms with Crippen LogP contribution in [-0.2, 0) is 17.6 Å². The third-order valence-electron chi connectivity index (χ3n) is 11.2. The van der Waals surface area contributed by atoms with Gasteiger partial charge in [0.05, 0.1) is 12.7 Å². The Balaban J connectivity index is 1.33. The summed E-state index contributed by atoms with van der Waals surface area (Å²) in [5, 5.41) is 15.1. The third kappa shape index (κ3) is 6.27.